The highest BCUT2D eigenvalue weighted by molar-refractivity contribution is 5.95. The van der Waals surface area contributed by atoms with Crippen molar-refractivity contribution in [2.45, 2.75) is 74.9 Å². The highest BCUT2D eigenvalue weighted by Crippen LogP contribution is 2.46. The summed E-state index contributed by atoms with van der Waals surface area (Å²) in [5.41, 5.74) is 1.29. The zero-order valence-electron chi connectivity index (χ0n) is 19.8. The number of hydrogen-bond acceptors (Lipinski definition) is 5. The quantitative estimate of drug-likeness (QED) is 0.543. The van der Waals surface area contributed by atoms with Crippen molar-refractivity contribution in [1.82, 2.24) is 35.3 Å². The Kier molecular flexibility index (Phi) is 5.80. The number of aromatic amines is 1. The van der Waals surface area contributed by atoms with E-state index in [1.165, 1.54) is 6.07 Å². The minimum absolute atomic E-state index is 0.115. The number of carbonyl (C=O) groups is 1. The largest absolute Gasteiger partial charge is 0.416 e. The number of amides is 1. The van der Waals surface area contributed by atoms with E-state index in [0.29, 0.717) is 24.4 Å². The van der Waals surface area contributed by atoms with Crippen LogP contribution >= 0.6 is 0 Å². The molecule has 0 spiro atoms. The van der Waals surface area contributed by atoms with Crippen LogP contribution in [-0.2, 0) is 6.18 Å². The molecule has 0 unspecified atom stereocenters. The molecular formula is C25H28F3N7O. The number of rotatable bonds is 5. The molecule has 2 saturated carbocycles. The van der Waals surface area contributed by atoms with Gasteiger partial charge in [-0.05, 0) is 56.6 Å². The van der Waals surface area contributed by atoms with Crippen molar-refractivity contribution in [2.75, 3.05) is 13.1 Å². The monoisotopic (exact) mass is 499 g/mol. The number of aromatic nitrogens is 6. The SMILES string of the molecule is O=C(c1cnn(C2CCC(c3nn[nH]n3)CC2)c1C1CC1)N1CC[C@@H](c2ccccc2C(F)(F)F)C1. The van der Waals surface area contributed by atoms with Gasteiger partial charge in [0.2, 0.25) is 0 Å². The van der Waals surface area contributed by atoms with E-state index < -0.39 is 11.7 Å². The minimum atomic E-state index is -4.41. The van der Waals surface area contributed by atoms with Gasteiger partial charge < -0.3 is 4.90 Å². The van der Waals surface area contributed by atoms with Crippen LogP contribution in [0.15, 0.2) is 30.5 Å². The van der Waals surface area contributed by atoms with Crippen LogP contribution in [0.4, 0.5) is 13.2 Å². The Balaban J connectivity index is 1.19. The molecule has 8 nitrogen and oxygen atoms in total. The topological polar surface area (TPSA) is 92.6 Å². The smallest absolute Gasteiger partial charge is 0.338 e. The minimum Gasteiger partial charge on any atom is -0.338 e. The molecule has 1 aromatic carbocycles. The van der Waals surface area contributed by atoms with Crippen LogP contribution in [0.5, 0.6) is 0 Å². The zero-order chi connectivity index (χ0) is 24.9. The molecule has 1 aliphatic heterocycles. The van der Waals surface area contributed by atoms with Crippen LogP contribution in [0.3, 0.4) is 0 Å². The maximum absolute atomic E-state index is 13.6. The van der Waals surface area contributed by atoms with Gasteiger partial charge in [-0.3, -0.25) is 9.48 Å². The van der Waals surface area contributed by atoms with E-state index in [0.717, 1.165) is 56.1 Å². The molecular weight excluding hydrogens is 471 g/mol. The molecule has 1 amide bonds. The van der Waals surface area contributed by atoms with Crippen molar-refractivity contribution in [1.29, 1.82) is 0 Å². The molecule has 190 valence electrons. The number of nitrogens with zero attached hydrogens (tertiary/aromatic N) is 6. The Morgan fingerprint density at radius 2 is 1.72 bits per heavy atom. The summed E-state index contributed by atoms with van der Waals surface area (Å²) in [6.07, 6.45) is 3.58. The standard InChI is InChI=1S/C25H28F3N7O/c26-25(27,28)21-4-2-1-3-19(21)17-11-12-34(14-17)24(36)20-13-29-35(22(20)15-5-6-15)18-9-7-16(8-10-18)23-30-32-33-31-23/h1-4,13,15-18H,5-12,14H2,(H,30,31,32,33)/t16?,17-,18?/m1/s1. The lowest BCUT2D eigenvalue weighted by molar-refractivity contribution is -0.138. The van der Waals surface area contributed by atoms with Gasteiger partial charge in [0.05, 0.1) is 29.1 Å². The summed E-state index contributed by atoms with van der Waals surface area (Å²) < 4.78 is 42.7. The zero-order valence-corrected chi connectivity index (χ0v) is 19.8. The van der Waals surface area contributed by atoms with Gasteiger partial charge >= 0.3 is 6.18 Å². The third kappa shape index (κ3) is 4.28. The number of likely N-dealkylation sites (tertiary alicyclic amines) is 1. The summed E-state index contributed by atoms with van der Waals surface area (Å²) in [5.74, 6) is 0.915. The van der Waals surface area contributed by atoms with Gasteiger partial charge in [0, 0.05) is 30.8 Å². The summed E-state index contributed by atoms with van der Waals surface area (Å²) in [6.45, 7) is 0.734. The fourth-order valence-corrected chi connectivity index (χ4v) is 5.99. The Labute approximate surface area is 206 Å². The van der Waals surface area contributed by atoms with Crippen LogP contribution in [0.2, 0.25) is 0 Å². The Morgan fingerprint density at radius 1 is 0.972 bits per heavy atom. The second kappa shape index (κ2) is 9.01. The number of alkyl halides is 3. The number of halogens is 3. The van der Waals surface area contributed by atoms with Gasteiger partial charge in [0.15, 0.2) is 5.82 Å². The lowest BCUT2D eigenvalue weighted by atomic mass is 9.85. The molecule has 36 heavy (non-hydrogen) atoms. The molecule has 1 atom stereocenters. The highest BCUT2D eigenvalue weighted by atomic mass is 19.4. The van der Waals surface area contributed by atoms with Crippen LogP contribution in [0.25, 0.3) is 0 Å². The van der Waals surface area contributed by atoms with Gasteiger partial charge in [-0.25, -0.2) is 0 Å². The average molecular weight is 500 g/mol. The molecule has 3 aliphatic rings. The van der Waals surface area contributed by atoms with E-state index in [1.54, 1.807) is 23.2 Å². The molecule has 6 rings (SSSR count). The molecule has 2 aliphatic carbocycles. The van der Waals surface area contributed by atoms with Crippen molar-refractivity contribution in [3.63, 3.8) is 0 Å². The van der Waals surface area contributed by atoms with E-state index >= 15 is 0 Å². The average Bonchev–Trinajstić information content (AvgIpc) is 3.29. The van der Waals surface area contributed by atoms with Crippen LogP contribution < -0.4 is 0 Å². The predicted octanol–water partition coefficient (Wildman–Crippen LogP) is 4.82. The summed E-state index contributed by atoms with van der Waals surface area (Å²) in [7, 11) is 0. The van der Waals surface area contributed by atoms with Crippen molar-refractivity contribution in [2.24, 2.45) is 0 Å². The Hall–Kier alpha value is -3.24. The number of hydrogen-bond donors (Lipinski definition) is 1. The lowest BCUT2D eigenvalue weighted by Gasteiger charge is -2.28. The van der Waals surface area contributed by atoms with Gasteiger partial charge in [-0.2, -0.15) is 23.5 Å². The third-order valence-corrected chi connectivity index (χ3v) is 7.98. The second-order valence-corrected chi connectivity index (χ2v) is 10.3. The number of nitrogens with one attached hydrogen (secondary N) is 1. The molecule has 3 heterocycles. The Morgan fingerprint density at radius 3 is 2.42 bits per heavy atom. The highest BCUT2D eigenvalue weighted by Gasteiger charge is 2.40. The van der Waals surface area contributed by atoms with Crippen LogP contribution in [0.1, 0.15) is 102 Å². The molecule has 0 radical (unpaired) electrons. The van der Waals surface area contributed by atoms with Crippen LogP contribution in [-0.4, -0.2) is 54.3 Å². The lowest BCUT2D eigenvalue weighted by Crippen LogP contribution is -2.29. The van der Waals surface area contributed by atoms with E-state index in [-0.39, 0.29) is 35.9 Å². The summed E-state index contributed by atoms with van der Waals surface area (Å²) in [4.78, 5) is 15.3. The molecule has 3 fully saturated rings. The first-order valence-corrected chi connectivity index (χ1v) is 12.7. The number of tetrazole rings is 1. The predicted molar refractivity (Wildman–Crippen MR) is 123 cm³/mol. The fraction of sp³-hybridized carbons (Fsp3) is 0.560. The van der Waals surface area contributed by atoms with E-state index in [2.05, 4.69) is 30.4 Å². The number of carbonyl (C=O) groups excluding carboxylic acids is 1. The molecule has 1 N–H and O–H groups in total. The number of benzene rings is 1. The molecule has 2 aromatic heterocycles. The van der Waals surface area contributed by atoms with Crippen molar-refractivity contribution in [3.8, 4) is 0 Å². The fourth-order valence-electron chi connectivity index (χ4n) is 5.99. The molecule has 3 aromatic rings. The first-order valence-electron chi connectivity index (χ1n) is 12.7. The van der Waals surface area contributed by atoms with Crippen molar-refractivity contribution >= 4 is 5.91 Å². The van der Waals surface area contributed by atoms with E-state index in [9.17, 15) is 18.0 Å². The molecule has 1 saturated heterocycles. The van der Waals surface area contributed by atoms with E-state index in [1.807, 2.05) is 0 Å². The molecule has 11 heteroatoms. The Bertz CT molecular complexity index is 1230. The summed E-state index contributed by atoms with van der Waals surface area (Å²) >= 11 is 0. The summed E-state index contributed by atoms with van der Waals surface area (Å²) in [5, 5.41) is 19.1. The van der Waals surface area contributed by atoms with Gasteiger partial charge in [0.25, 0.3) is 5.91 Å². The first kappa shape index (κ1) is 23.2. The second-order valence-electron chi connectivity index (χ2n) is 10.3. The van der Waals surface area contributed by atoms with E-state index in [4.69, 9.17) is 0 Å². The van der Waals surface area contributed by atoms with Crippen molar-refractivity contribution < 1.29 is 18.0 Å². The van der Waals surface area contributed by atoms with Gasteiger partial charge in [-0.1, -0.05) is 23.4 Å². The first-order chi connectivity index (χ1) is 17.4. The molecule has 0 bridgehead atoms. The maximum atomic E-state index is 13.6. The van der Waals surface area contributed by atoms with Crippen LogP contribution in [0, 0.1) is 0 Å². The van der Waals surface area contributed by atoms with Gasteiger partial charge in [-0.15, -0.1) is 10.2 Å². The summed E-state index contributed by atoms with van der Waals surface area (Å²) in [6, 6.07) is 5.94. The third-order valence-electron chi connectivity index (χ3n) is 7.98. The normalized spacial score (nSPS) is 24.9. The maximum Gasteiger partial charge on any atom is 0.416 e. The van der Waals surface area contributed by atoms with Gasteiger partial charge in [0.1, 0.15) is 0 Å². The number of H-pyrrole nitrogens is 1. The van der Waals surface area contributed by atoms with Crippen molar-refractivity contribution in [3.05, 3.63) is 58.7 Å².